The van der Waals surface area contributed by atoms with Crippen molar-refractivity contribution in [2.75, 3.05) is 6.54 Å². The van der Waals surface area contributed by atoms with Crippen molar-refractivity contribution in [1.29, 1.82) is 0 Å². The first-order chi connectivity index (χ1) is 17.2. The Morgan fingerprint density at radius 3 is 2.58 bits per heavy atom. The van der Waals surface area contributed by atoms with E-state index in [2.05, 4.69) is 15.3 Å². The number of aromatic nitrogens is 1. The van der Waals surface area contributed by atoms with Gasteiger partial charge in [-0.05, 0) is 23.6 Å². The number of pyridine rings is 1. The summed E-state index contributed by atoms with van der Waals surface area (Å²) in [5.41, 5.74) is 1.42. The number of rotatable bonds is 7. The van der Waals surface area contributed by atoms with E-state index in [1.807, 2.05) is 19.9 Å². The molecule has 4 rings (SSSR count). The van der Waals surface area contributed by atoms with Crippen molar-refractivity contribution in [2.24, 2.45) is 10.9 Å². The van der Waals surface area contributed by atoms with E-state index in [1.165, 1.54) is 11.1 Å². The van der Waals surface area contributed by atoms with Gasteiger partial charge in [0, 0.05) is 24.6 Å². The summed E-state index contributed by atoms with van der Waals surface area (Å²) in [6.07, 6.45) is 2.75. The Balaban J connectivity index is 1.56. The average Bonchev–Trinajstić information content (AvgIpc) is 3.26. The quantitative estimate of drug-likeness (QED) is 0.595. The molecular weight excluding hydrogens is 466 g/mol. The second-order valence-electron chi connectivity index (χ2n) is 9.33. The highest BCUT2D eigenvalue weighted by Gasteiger charge is 2.41. The molecule has 3 amide bonds. The molecule has 1 fully saturated rings. The number of nitrogens with one attached hydrogen (secondary N) is 1. The molecule has 2 aliphatic heterocycles. The highest BCUT2D eigenvalue weighted by Crippen LogP contribution is 2.27. The smallest absolute Gasteiger partial charge is 0.253 e. The normalized spacial score (nSPS) is 22.2. The summed E-state index contributed by atoms with van der Waals surface area (Å²) in [6.45, 7) is 3.48. The Hall–Kier alpha value is -3.75. The van der Waals surface area contributed by atoms with Crippen molar-refractivity contribution in [3.8, 4) is 0 Å². The Morgan fingerprint density at radius 2 is 1.92 bits per heavy atom. The number of benzene rings is 1. The molecule has 1 N–H and O–H groups in total. The molecule has 3 heterocycles. The molecule has 2 aromatic rings. The predicted molar refractivity (Wildman–Crippen MR) is 130 cm³/mol. The molecular formula is C27H28F2N4O3. The van der Waals surface area contributed by atoms with Gasteiger partial charge in [-0.2, -0.15) is 4.39 Å². The Morgan fingerprint density at radius 1 is 1.17 bits per heavy atom. The number of dihydropyridines is 1. The lowest BCUT2D eigenvalue weighted by Gasteiger charge is -2.27. The Bertz CT molecular complexity index is 1200. The third kappa shape index (κ3) is 5.56. The molecule has 4 atom stereocenters. The van der Waals surface area contributed by atoms with Gasteiger partial charge >= 0.3 is 0 Å². The van der Waals surface area contributed by atoms with Crippen LogP contribution in [0.4, 0.5) is 8.78 Å². The van der Waals surface area contributed by atoms with Crippen molar-refractivity contribution in [2.45, 2.75) is 50.9 Å². The number of amides is 3. The molecule has 0 bridgehead atoms. The molecule has 0 radical (unpaired) electrons. The third-order valence-electron chi connectivity index (χ3n) is 6.45. The second-order valence-corrected chi connectivity index (χ2v) is 9.33. The van der Waals surface area contributed by atoms with Crippen LogP contribution in [0.25, 0.3) is 0 Å². The highest BCUT2D eigenvalue weighted by molar-refractivity contribution is 5.97. The molecule has 1 unspecified atom stereocenters. The van der Waals surface area contributed by atoms with Gasteiger partial charge in [-0.25, -0.2) is 14.4 Å². The van der Waals surface area contributed by atoms with Crippen LogP contribution in [0.3, 0.4) is 0 Å². The zero-order valence-corrected chi connectivity index (χ0v) is 20.1. The average molecular weight is 495 g/mol. The first-order valence-corrected chi connectivity index (χ1v) is 11.9. The SMILES string of the molecule is CC(C)c1ccc([C@@H](NC(=O)[C@@H]2C[C@@H](F)CN2C(=O)CC2C=CC=NC2=O)c2ccccc2)nc1F. The molecule has 1 aromatic heterocycles. The molecule has 2 aliphatic rings. The van der Waals surface area contributed by atoms with Crippen LogP contribution in [-0.4, -0.2) is 52.6 Å². The van der Waals surface area contributed by atoms with Crippen LogP contribution in [0.2, 0.25) is 0 Å². The molecule has 1 aromatic carbocycles. The third-order valence-corrected chi connectivity index (χ3v) is 6.45. The van der Waals surface area contributed by atoms with Crippen molar-refractivity contribution < 1.29 is 23.2 Å². The van der Waals surface area contributed by atoms with Crippen molar-refractivity contribution in [3.05, 3.63) is 77.4 Å². The van der Waals surface area contributed by atoms with Crippen molar-refractivity contribution >= 4 is 23.9 Å². The van der Waals surface area contributed by atoms with Crippen LogP contribution >= 0.6 is 0 Å². The van der Waals surface area contributed by atoms with E-state index in [1.54, 1.807) is 48.6 Å². The summed E-state index contributed by atoms with van der Waals surface area (Å²) < 4.78 is 29.1. The van der Waals surface area contributed by atoms with Crippen molar-refractivity contribution in [1.82, 2.24) is 15.2 Å². The number of nitrogens with zero attached hydrogens (tertiary/aromatic N) is 3. The first kappa shape index (κ1) is 25.3. The van der Waals surface area contributed by atoms with Gasteiger partial charge in [-0.1, -0.05) is 56.3 Å². The number of hydrogen-bond donors (Lipinski definition) is 1. The topological polar surface area (TPSA) is 91.7 Å². The molecule has 188 valence electrons. The first-order valence-electron chi connectivity index (χ1n) is 11.9. The maximum absolute atomic E-state index is 14.7. The molecule has 7 nitrogen and oxygen atoms in total. The van der Waals surface area contributed by atoms with E-state index < -0.39 is 47.8 Å². The maximum Gasteiger partial charge on any atom is 0.253 e. The van der Waals surface area contributed by atoms with Gasteiger partial charge < -0.3 is 10.2 Å². The number of halogens is 2. The summed E-state index contributed by atoms with van der Waals surface area (Å²) in [4.78, 5) is 47.3. The lowest BCUT2D eigenvalue weighted by molar-refractivity contribution is -0.140. The number of likely N-dealkylation sites (tertiary alicyclic amines) is 1. The molecule has 9 heteroatoms. The fourth-order valence-electron chi connectivity index (χ4n) is 4.51. The number of hydrogen-bond acceptors (Lipinski definition) is 4. The summed E-state index contributed by atoms with van der Waals surface area (Å²) in [5.74, 6) is -2.95. The van der Waals surface area contributed by atoms with Crippen LogP contribution in [0, 0.1) is 11.9 Å². The number of carbonyl (C=O) groups excluding carboxylic acids is 3. The fourth-order valence-corrected chi connectivity index (χ4v) is 4.51. The summed E-state index contributed by atoms with van der Waals surface area (Å²) >= 11 is 0. The van der Waals surface area contributed by atoms with Crippen molar-refractivity contribution in [3.63, 3.8) is 0 Å². The monoisotopic (exact) mass is 494 g/mol. The van der Waals surface area contributed by atoms with Gasteiger partial charge in [0.2, 0.25) is 17.8 Å². The zero-order valence-electron chi connectivity index (χ0n) is 20.1. The van der Waals surface area contributed by atoms with E-state index >= 15 is 0 Å². The molecule has 1 saturated heterocycles. The maximum atomic E-state index is 14.7. The highest BCUT2D eigenvalue weighted by atomic mass is 19.1. The number of aliphatic imine (C=N–C) groups is 1. The summed E-state index contributed by atoms with van der Waals surface area (Å²) in [5, 5.41) is 2.85. The van der Waals surface area contributed by atoms with E-state index in [4.69, 9.17) is 0 Å². The molecule has 0 spiro atoms. The lowest BCUT2D eigenvalue weighted by atomic mass is 9.99. The van der Waals surface area contributed by atoms with Gasteiger partial charge in [0.25, 0.3) is 5.91 Å². The Labute approximate surface area is 208 Å². The second kappa shape index (κ2) is 10.9. The number of alkyl halides is 1. The van der Waals surface area contributed by atoms with Crippen LogP contribution in [0.15, 0.2) is 59.6 Å². The van der Waals surface area contributed by atoms with E-state index in [0.717, 1.165) is 0 Å². The van der Waals surface area contributed by atoms with Gasteiger partial charge in [0.15, 0.2) is 0 Å². The van der Waals surface area contributed by atoms with Crippen LogP contribution in [0.5, 0.6) is 0 Å². The molecule has 0 aliphatic carbocycles. The fraction of sp³-hybridized carbons (Fsp3) is 0.370. The van der Waals surface area contributed by atoms with E-state index in [-0.39, 0.29) is 25.3 Å². The van der Waals surface area contributed by atoms with Crippen LogP contribution in [0.1, 0.15) is 55.5 Å². The molecule has 0 saturated carbocycles. The Kier molecular flexibility index (Phi) is 7.67. The van der Waals surface area contributed by atoms with Crippen LogP contribution < -0.4 is 5.32 Å². The number of allylic oxidation sites excluding steroid dienone is 1. The van der Waals surface area contributed by atoms with Gasteiger partial charge in [0.05, 0.1) is 24.2 Å². The van der Waals surface area contributed by atoms with E-state index in [0.29, 0.717) is 16.8 Å². The van der Waals surface area contributed by atoms with Crippen LogP contribution in [-0.2, 0) is 14.4 Å². The molecule has 36 heavy (non-hydrogen) atoms. The van der Waals surface area contributed by atoms with Gasteiger partial charge in [-0.3, -0.25) is 14.4 Å². The minimum Gasteiger partial charge on any atom is -0.342 e. The predicted octanol–water partition coefficient (Wildman–Crippen LogP) is 3.66. The van der Waals surface area contributed by atoms with Gasteiger partial charge in [-0.15, -0.1) is 0 Å². The minimum absolute atomic E-state index is 0.0626. The summed E-state index contributed by atoms with van der Waals surface area (Å²) in [6, 6.07) is 10.4. The lowest BCUT2D eigenvalue weighted by Crippen LogP contribution is -2.47. The standard InChI is InChI=1S/C27H28F2N4O3/c1-16(2)20-10-11-21(31-25(20)29)24(17-7-4-3-5-8-17)32-27(36)22-14-19(28)15-33(22)23(34)13-18-9-6-12-30-26(18)35/h3-12,16,18-19,22,24H,13-15H2,1-2H3,(H,32,36)/t18?,19-,22+,24+/m1/s1. The van der Waals surface area contributed by atoms with E-state index in [9.17, 15) is 23.2 Å². The summed E-state index contributed by atoms with van der Waals surface area (Å²) in [7, 11) is 0. The zero-order chi connectivity index (χ0) is 25.8. The largest absolute Gasteiger partial charge is 0.342 e. The van der Waals surface area contributed by atoms with Gasteiger partial charge in [0.1, 0.15) is 12.2 Å². The minimum atomic E-state index is -1.38. The number of carbonyl (C=O) groups is 3.